The predicted molar refractivity (Wildman–Crippen MR) is 71.8 cm³/mol. The quantitative estimate of drug-likeness (QED) is 0.663. The van der Waals surface area contributed by atoms with E-state index >= 15 is 0 Å². The lowest BCUT2D eigenvalue weighted by Gasteiger charge is -2.16. The highest BCUT2D eigenvalue weighted by Crippen LogP contribution is 2.21. The molecule has 1 aromatic rings. The molecule has 1 aromatic carbocycles. The smallest absolute Gasteiger partial charge is 0.240 e. The van der Waals surface area contributed by atoms with Crippen molar-refractivity contribution in [2.24, 2.45) is 5.14 Å². The van der Waals surface area contributed by atoms with Gasteiger partial charge in [0, 0.05) is 18.3 Å². The summed E-state index contributed by atoms with van der Waals surface area (Å²) in [7, 11) is -3.77. The summed E-state index contributed by atoms with van der Waals surface area (Å²) in [6.07, 6.45) is 0. The van der Waals surface area contributed by atoms with Gasteiger partial charge < -0.3 is 15.8 Å². The predicted octanol–water partition coefficient (Wildman–Crippen LogP) is 0.753. The number of nitrogens with two attached hydrogens (primary N) is 2. The van der Waals surface area contributed by atoms with Crippen molar-refractivity contribution in [1.82, 2.24) is 0 Å². The summed E-state index contributed by atoms with van der Waals surface area (Å²) in [4.78, 5) is -0.0643. The zero-order valence-electron chi connectivity index (χ0n) is 10.5. The van der Waals surface area contributed by atoms with Crippen LogP contribution in [0.15, 0.2) is 23.1 Å². The number of hydrogen-bond donors (Lipinski definition) is 3. The highest BCUT2D eigenvalue weighted by molar-refractivity contribution is 7.89. The van der Waals surface area contributed by atoms with Gasteiger partial charge in [0.25, 0.3) is 0 Å². The molecule has 18 heavy (non-hydrogen) atoms. The van der Waals surface area contributed by atoms with Crippen molar-refractivity contribution in [3.8, 4) is 0 Å². The Hall–Kier alpha value is -1.31. The number of nitrogens with one attached hydrogen (secondary N) is 1. The number of benzene rings is 1. The molecule has 0 saturated heterocycles. The van der Waals surface area contributed by atoms with Crippen LogP contribution in [0.3, 0.4) is 0 Å². The molecule has 1 rings (SSSR count). The van der Waals surface area contributed by atoms with E-state index in [1.807, 2.05) is 13.8 Å². The van der Waals surface area contributed by atoms with Gasteiger partial charge in [-0.05, 0) is 32.0 Å². The van der Waals surface area contributed by atoms with E-state index in [9.17, 15) is 8.42 Å². The average Bonchev–Trinajstić information content (AvgIpc) is 2.24. The number of anilines is 2. The second-order valence-electron chi connectivity index (χ2n) is 4.00. The molecule has 0 radical (unpaired) electrons. The second kappa shape index (κ2) is 6.03. The minimum atomic E-state index is -3.77. The summed E-state index contributed by atoms with van der Waals surface area (Å²) < 4.78 is 27.6. The van der Waals surface area contributed by atoms with Crippen LogP contribution in [-0.2, 0) is 14.8 Å². The zero-order chi connectivity index (χ0) is 13.8. The maximum Gasteiger partial charge on any atom is 0.240 e. The summed E-state index contributed by atoms with van der Waals surface area (Å²) in [5.74, 6) is 0. The van der Waals surface area contributed by atoms with E-state index in [0.29, 0.717) is 13.2 Å². The lowest BCUT2D eigenvalue weighted by Crippen LogP contribution is -2.22. The third-order valence-corrected chi connectivity index (χ3v) is 3.29. The van der Waals surface area contributed by atoms with Crippen LogP contribution in [0.5, 0.6) is 0 Å². The van der Waals surface area contributed by atoms with E-state index in [-0.39, 0.29) is 16.6 Å². The van der Waals surface area contributed by atoms with Crippen LogP contribution in [0.1, 0.15) is 13.8 Å². The van der Waals surface area contributed by atoms with Gasteiger partial charge in [0.05, 0.1) is 12.3 Å². The Bertz CT molecular complexity index is 502. The van der Waals surface area contributed by atoms with Crippen LogP contribution >= 0.6 is 0 Å². The molecule has 6 nitrogen and oxygen atoms in total. The van der Waals surface area contributed by atoms with Gasteiger partial charge in [-0.25, -0.2) is 13.6 Å². The van der Waals surface area contributed by atoms with Crippen molar-refractivity contribution in [2.75, 3.05) is 24.3 Å². The van der Waals surface area contributed by atoms with Gasteiger partial charge in [0.2, 0.25) is 10.0 Å². The standard InChI is InChI=1S/C11H19N3O3S/c1-3-17-7-8(2)14-9-4-5-11(10(12)6-9)18(13,15)16/h4-6,8,14H,3,7,12H2,1-2H3,(H2,13,15,16). The fourth-order valence-electron chi connectivity index (χ4n) is 1.52. The minimum Gasteiger partial charge on any atom is -0.398 e. The highest BCUT2D eigenvalue weighted by atomic mass is 32.2. The third-order valence-electron chi connectivity index (χ3n) is 2.30. The van der Waals surface area contributed by atoms with Crippen molar-refractivity contribution >= 4 is 21.4 Å². The van der Waals surface area contributed by atoms with Crippen LogP contribution < -0.4 is 16.2 Å². The van der Waals surface area contributed by atoms with E-state index in [1.165, 1.54) is 6.07 Å². The molecule has 102 valence electrons. The Labute approximate surface area is 107 Å². The summed E-state index contributed by atoms with van der Waals surface area (Å²) >= 11 is 0. The largest absolute Gasteiger partial charge is 0.398 e. The molecule has 0 aliphatic rings. The summed E-state index contributed by atoms with van der Waals surface area (Å²) in [6.45, 7) is 5.09. The Morgan fingerprint density at radius 2 is 2.11 bits per heavy atom. The Morgan fingerprint density at radius 3 is 2.61 bits per heavy atom. The number of hydrogen-bond acceptors (Lipinski definition) is 5. The molecular formula is C11H19N3O3S. The van der Waals surface area contributed by atoms with Crippen LogP contribution in [0, 0.1) is 0 Å². The topological polar surface area (TPSA) is 107 Å². The van der Waals surface area contributed by atoms with Gasteiger partial charge in [0.15, 0.2) is 0 Å². The number of sulfonamides is 1. The monoisotopic (exact) mass is 273 g/mol. The lowest BCUT2D eigenvalue weighted by molar-refractivity contribution is 0.141. The number of ether oxygens (including phenoxy) is 1. The highest BCUT2D eigenvalue weighted by Gasteiger charge is 2.12. The van der Waals surface area contributed by atoms with Crippen molar-refractivity contribution in [3.05, 3.63) is 18.2 Å². The molecular weight excluding hydrogens is 254 g/mol. The zero-order valence-corrected chi connectivity index (χ0v) is 11.3. The van der Waals surface area contributed by atoms with E-state index in [4.69, 9.17) is 15.6 Å². The molecule has 0 spiro atoms. The summed E-state index contributed by atoms with van der Waals surface area (Å²) in [5.41, 5.74) is 6.51. The van der Waals surface area contributed by atoms with E-state index in [0.717, 1.165) is 5.69 Å². The number of rotatable bonds is 6. The molecule has 0 heterocycles. The Kier molecular flexibility index (Phi) is 4.94. The normalized spacial score (nSPS) is 13.3. The first kappa shape index (κ1) is 14.7. The molecule has 0 fully saturated rings. The SMILES string of the molecule is CCOCC(C)Nc1ccc(S(N)(=O)=O)c(N)c1. The molecule has 0 aliphatic carbocycles. The first-order chi connectivity index (χ1) is 8.34. The van der Waals surface area contributed by atoms with Gasteiger partial charge in [-0.1, -0.05) is 0 Å². The van der Waals surface area contributed by atoms with Crippen LogP contribution in [0.25, 0.3) is 0 Å². The van der Waals surface area contributed by atoms with Gasteiger partial charge >= 0.3 is 0 Å². The van der Waals surface area contributed by atoms with E-state index in [2.05, 4.69) is 5.32 Å². The second-order valence-corrected chi connectivity index (χ2v) is 5.53. The molecule has 0 aliphatic heterocycles. The Balaban J connectivity index is 2.79. The third kappa shape index (κ3) is 4.17. The van der Waals surface area contributed by atoms with Gasteiger partial charge in [-0.3, -0.25) is 0 Å². The fraction of sp³-hybridized carbons (Fsp3) is 0.455. The summed E-state index contributed by atoms with van der Waals surface area (Å²) in [5, 5.41) is 8.18. The van der Waals surface area contributed by atoms with Gasteiger partial charge in [0.1, 0.15) is 4.90 Å². The van der Waals surface area contributed by atoms with Gasteiger partial charge in [-0.2, -0.15) is 0 Å². The van der Waals surface area contributed by atoms with Crippen LogP contribution in [0.2, 0.25) is 0 Å². The van der Waals surface area contributed by atoms with E-state index in [1.54, 1.807) is 12.1 Å². The van der Waals surface area contributed by atoms with Crippen molar-refractivity contribution < 1.29 is 13.2 Å². The van der Waals surface area contributed by atoms with Gasteiger partial charge in [-0.15, -0.1) is 0 Å². The maximum atomic E-state index is 11.2. The van der Waals surface area contributed by atoms with E-state index < -0.39 is 10.0 Å². The molecule has 0 aromatic heterocycles. The van der Waals surface area contributed by atoms with Crippen LogP contribution in [0.4, 0.5) is 11.4 Å². The molecule has 5 N–H and O–H groups in total. The van der Waals surface area contributed by atoms with Crippen molar-refractivity contribution in [1.29, 1.82) is 0 Å². The molecule has 1 unspecified atom stereocenters. The minimum absolute atomic E-state index is 0.0643. The molecule has 1 atom stereocenters. The number of nitrogen functional groups attached to an aromatic ring is 1. The van der Waals surface area contributed by atoms with Crippen molar-refractivity contribution in [3.63, 3.8) is 0 Å². The fourth-order valence-corrected chi connectivity index (χ4v) is 2.16. The summed E-state index contributed by atoms with van der Waals surface area (Å²) in [6, 6.07) is 4.66. The first-order valence-corrected chi connectivity index (χ1v) is 7.15. The molecule has 0 amide bonds. The Morgan fingerprint density at radius 1 is 1.44 bits per heavy atom. The van der Waals surface area contributed by atoms with Crippen LogP contribution in [-0.4, -0.2) is 27.7 Å². The molecule has 7 heteroatoms. The molecule has 0 saturated carbocycles. The first-order valence-electron chi connectivity index (χ1n) is 5.61. The lowest BCUT2D eigenvalue weighted by atomic mass is 10.2. The maximum absolute atomic E-state index is 11.2. The number of primary sulfonamides is 1. The average molecular weight is 273 g/mol. The van der Waals surface area contributed by atoms with Crippen molar-refractivity contribution in [2.45, 2.75) is 24.8 Å². The molecule has 0 bridgehead atoms.